The SMILES string of the molecule is Cc1ncsc1CNCC(O)C1CCCC1. The number of rotatable bonds is 5. The summed E-state index contributed by atoms with van der Waals surface area (Å²) >= 11 is 1.68. The van der Waals surface area contributed by atoms with E-state index in [9.17, 15) is 5.11 Å². The summed E-state index contributed by atoms with van der Waals surface area (Å²) in [5.74, 6) is 0.523. The van der Waals surface area contributed by atoms with E-state index in [1.807, 2.05) is 12.4 Å². The van der Waals surface area contributed by atoms with Crippen LogP contribution in [0, 0.1) is 12.8 Å². The minimum Gasteiger partial charge on any atom is -0.392 e. The minimum atomic E-state index is -0.171. The van der Waals surface area contributed by atoms with Crippen LogP contribution in [-0.4, -0.2) is 22.7 Å². The van der Waals surface area contributed by atoms with Crippen molar-refractivity contribution >= 4 is 11.3 Å². The van der Waals surface area contributed by atoms with E-state index in [0.29, 0.717) is 12.5 Å². The second-order valence-corrected chi connectivity index (χ2v) is 5.54. The Hall–Kier alpha value is -0.450. The lowest BCUT2D eigenvalue weighted by atomic mass is 10.0. The van der Waals surface area contributed by atoms with Gasteiger partial charge < -0.3 is 10.4 Å². The van der Waals surface area contributed by atoms with Crippen LogP contribution in [0.25, 0.3) is 0 Å². The fraction of sp³-hybridized carbons (Fsp3) is 0.750. The molecular weight excluding hydrogens is 220 g/mol. The summed E-state index contributed by atoms with van der Waals surface area (Å²) in [6, 6.07) is 0. The molecule has 0 aliphatic heterocycles. The predicted octanol–water partition coefficient (Wildman–Crippen LogP) is 2.09. The molecule has 0 amide bonds. The lowest BCUT2D eigenvalue weighted by molar-refractivity contribution is 0.109. The van der Waals surface area contributed by atoms with Crippen LogP contribution in [0.5, 0.6) is 0 Å². The molecule has 0 radical (unpaired) electrons. The molecule has 0 spiro atoms. The topological polar surface area (TPSA) is 45.2 Å². The molecule has 1 aromatic heterocycles. The van der Waals surface area contributed by atoms with Crippen LogP contribution in [0.1, 0.15) is 36.3 Å². The number of nitrogens with zero attached hydrogens (tertiary/aromatic N) is 1. The van der Waals surface area contributed by atoms with Crippen molar-refractivity contribution in [3.05, 3.63) is 16.1 Å². The van der Waals surface area contributed by atoms with Crippen LogP contribution >= 0.6 is 11.3 Å². The van der Waals surface area contributed by atoms with E-state index in [1.165, 1.54) is 30.6 Å². The maximum Gasteiger partial charge on any atom is 0.0798 e. The van der Waals surface area contributed by atoms with Crippen molar-refractivity contribution in [1.82, 2.24) is 10.3 Å². The molecule has 4 heteroatoms. The summed E-state index contributed by atoms with van der Waals surface area (Å²) < 4.78 is 0. The molecule has 90 valence electrons. The van der Waals surface area contributed by atoms with Crippen molar-refractivity contribution in [2.24, 2.45) is 5.92 Å². The monoisotopic (exact) mass is 240 g/mol. The normalized spacial score (nSPS) is 19.1. The molecule has 2 rings (SSSR count). The van der Waals surface area contributed by atoms with Gasteiger partial charge in [-0.1, -0.05) is 12.8 Å². The number of aryl methyl sites for hydroxylation is 1. The maximum atomic E-state index is 9.97. The van der Waals surface area contributed by atoms with Gasteiger partial charge in [-0.15, -0.1) is 11.3 Å². The lowest BCUT2D eigenvalue weighted by Crippen LogP contribution is -2.31. The van der Waals surface area contributed by atoms with E-state index >= 15 is 0 Å². The van der Waals surface area contributed by atoms with Gasteiger partial charge in [0.2, 0.25) is 0 Å². The van der Waals surface area contributed by atoms with Crippen molar-refractivity contribution in [3.63, 3.8) is 0 Å². The molecule has 1 heterocycles. The van der Waals surface area contributed by atoms with Crippen molar-refractivity contribution < 1.29 is 5.11 Å². The van der Waals surface area contributed by atoms with Gasteiger partial charge >= 0.3 is 0 Å². The summed E-state index contributed by atoms with van der Waals surface area (Å²) in [6.07, 6.45) is 4.80. The molecule has 0 saturated heterocycles. The Kier molecular flexibility index (Phi) is 4.32. The first-order valence-electron chi connectivity index (χ1n) is 6.05. The Morgan fingerprint density at radius 1 is 1.56 bits per heavy atom. The average Bonchev–Trinajstić information content (AvgIpc) is 2.90. The van der Waals surface area contributed by atoms with Gasteiger partial charge in [0.15, 0.2) is 0 Å². The Balaban J connectivity index is 1.69. The van der Waals surface area contributed by atoms with Gasteiger partial charge in [0, 0.05) is 18.0 Å². The van der Waals surface area contributed by atoms with Crippen LogP contribution in [-0.2, 0) is 6.54 Å². The molecule has 1 atom stereocenters. The number of thiazole rings is 1. The van der Waals surface area contributed by atoms with Gasteiger partial charge in [-0.2, -0.15) is 0 Å². The second-order valence-electron chi connectivity index (χ2n) is 4.60. The quantitative estimate of drug-likeness (QED) is 0.828. The summed E-state index contributed by atoms with van der Waals surface area (Å²) in [5.41, 5.74) is 2.98. The van der Waals surface area contributed by atoms with Crippen molar-refractivity contribution in [1.29, 1.82) is 0 Å². The molecule has 1 aliphatic carbocycles. The molecule has 2 N–H and O–H groups in total. The third-order valence-corrected chi connectivity index (χ3v) is 4.36. The fourth-order valence-electron chi connectivity index (χ4n) is 2.34. The van der Waals surface area contributed by atoms with Gasteiger partial charge in [0.25, 0.3) is 0 Å². The fourth-order valence-corrected chi connectivity index (χ4v) is 3.09. The molecule has 3 nitrogen and oxygen atoms in total. The molecule has 1 aromatic rings. The van der Waals surface area contributed by atoms with E-state index in [-0.39, 0.29) is 6.10 Å². The number of nitrogens with one attached hydrogen (secondary N) is 1. The van der Waals surface area contributed by atoms with Gasteiger partial charge in [-0.05, 0) is 25.7 Å². The number of aromatic nitrogens is 1. The third-order valence-electron chi connectivity index (χ3n) is 3.43. The number of aliphatic hydroxyl groups is 1. The number of hydrogen-bond donors (Lipinski definition) is 2. The summed E-state index contributed by atoms with van der Waals surface area (Å²) in [6.45, 7) is 3.57. The van der Waals surface area contributed by atoms with E-state index in [1.54, 1.807) is 11.3 Å². The van der Waals surface area contributed by atoms with E-state index in [0.717, 1.165) is 12.2 Å². The lowest BCUT2D eigenvalue weighted by Gasteiger charge is -2.17. The number of hydrogen-bond acceptors (Lipinski definition) is 4. The zero-order valence-corrected chi connectivity index (χ0v) is 10.6. The Labute approximate surface area is 101 Å². The van der Waals surface area contributed by atoms with Crippen LogP contribution < -0.4 is 5.32 Å². The van der Waals surface area contributed by atoms with E-state index < -0.39 is 0 Å². The van der Waals surface area contributed by atoms with Crippen molar-refractivity contribution in [2.45, 2.75) is 45.3 Å². The number of aliphatic hydroxyl groups excluding tert-OH is 1. The Morgan fingerprint density at radius 2 is 2.31 bits per heavy atom. The van der Waals surface area contributed by atoms with Gasteiger partial charge in [0.05, 0.1) is 17.3 Å². The zero-order chi connectivity index (χ0) is 11.4. The highest BCUT2D eigenvalue weighted by atomic mass is 32.1. The van der Waals surface area contributed by atoms with Crippen LogP contribution in [0.2, 0.25) is 0 Å². The Morgan fingerprint density at radius 3 is 2.94 bits per heavy atom. The highest BCUT2D eigenvalue weighted by Gasteiger charge is 2.22. The first kappa shape index (κ1) is 12.0. The first-order chi connectivity index (χ1) is 7.77. The first-order valence-corrected chi connectivity index (χ1v) is 6.93. The van der Waals surface area contributed by atoms with Crippen LogP contribution in [0.4, 0.5) is 0 Å². The largest absolute Gasteiger partial charge is 0.392 e. The molecule has 1 fully saturated rings. The molecule has 16 heavy (non-hydrogen) atoms. The van der Waals surface area contributed by atoms with Crippen molar-refractivity contribution in [2.75, 3.05) is 6.54 Å². The highest BCUT2D eigenvalue weighted by molar-refractivity contribution is 7.09. The predicted molar refractivity (Wildman–Crippen MR) is 66.5 cm³/mol. The zero-order valence-electron chi connectivity index (χ0n) is 9.78. The summed E-state index contributed by atoms with van der Waals surface area (Å²) in [7, 11) is 0. The average molecular weight is 240 g/mol. The van der Waals surface area contributed by atoms with Gasteiger partial charge in [-0.3, -0.25) is 0 Å². The molecular formula is C12H20N2OS. The molecule has 0 bridgehead atoms. The Bertz CT molecular complexity index is 321. The minimum absolute atomic E-state index is 0.171. The summed E-state index contributed by atoms with van der Waals surface area (Å²) in [4.78, 5) is 5.48. The van der Waals surface area contributed by atoms with Gasteiger partial charge in [0.1, 0.15) is 0 Å². The smallest absolute Gasteiger partial charge is 0.0798 e. The molecule has 1 unspecified atom stereocenters. The molecule has 0 aromatic carbocycles. The van der Waals surface area contributed by atoms with E-state index in [4.69, 9.17) is 0 Å². The van der Waals surface area contributed by atoms with Crippen molar-refractivity contribution in [3.8, 4) is 0 Å². The molecule has 1 aliphatic rings. The molecule has 1 saturated carbocycles. The third kappa shape index (κ3) is 3.03. The summed E-state index contributed by atoms with van der Waals surface area (Å²) in [5, 5.41) is 13.3. The maximum absolute atomic E-state index is 9.97. The standard InChI is InChI=1S/C12H20N2OS/c1-9-12(16-8-14-9)7-13-6-11(15)10-4-2-3-5-10/h8,10-11,13,15H,2-7H2,1H3. The van der Waals surface area contributed by atoms with E-state index in [2.05, 4.69) is 10.3 Å². The van der Waals surface area contributed by atoms with Crippen LogP contribution in [0.3, 0.4) is 0 Å². The van der Waals surface area contributed by atoms with Crippen LogP contribution in [0.15, 0.2) is 5.51 Å². The highest BCUT2D eigenvalue weighted by Crippen LogP contribution is 2.27. The second kappa shape index (κ2) is 5.75. The van der Waals surface area contributed by atoms with Gasteiger partial charge in [-0.25, -0.2) is 4.98 Å².